The number of nitrogens with zero attached hydrogens (tertiary/aromatic N) is 3. The number of carbonyl (C=O) groups is 1. The zero-order valence-corrected chi connectivity index (χ0v) is 15.4. The number of carboxylic acid groups (broad SMARTS) is 1. The van der Waals surface area contributed by atoms with E-state index in [1.807, 2.05) is 12.4 Å². The predicted octanol–water partition coefficient (Wildman–Crippen LogP) is 2.48. The van der Waals surface area contributed by atoms with Crippen molar-refractivity contribution in [2.24, 2.45) is 11.8 Å². The number of hydrogen-bond donors (Lipinski definition) is 1. The molecule has 0 aromatic carbocycles. The maximum absolute atomic E-state index is 11.4. The highest BCUT2D eigenvalue weighted by Gasteiger charge is 2.40. The van der Waals surface area contributed by atoms with Crippen LogP contribution < -0.4 is 0 Å². The fraction of sp³-hybridized carbons (Fsp3) is 0.737. The van der Waals surface area contributed by atoms with Gasteiger partial charge in [-0.25, -0.2) is 9.97 Å². The van der Waals surface area contributed by atoms with Gasteiger partial charge in [0.1, 0.15) is 5.82 Å². The summed E-state index contributed by atoms with van der Waals surface area (Å²) in [5.74, 6) is 0.198. The smallest absolute Gasteiger partial charge is 0.309 e. The van der Waals surface area contributed by atoms with Crippen LogP contribution in [0.15, 0.2) is 12.4 Å². The molecule has 0 radical (unpaired) electrons. The molecule has 2 saturated heterocycles. The number of aromatic nitrogens is 2. The minimum atomic E-state index is -0.707. The summed E-state index contributed by atoms with van der Waals surface area (Å²) in [6, 6.07) is 0. The third-order valence-electron chi connectivity index (χ3n) is 5.33. The van der Waals surface area contributed by atoms with Gasteiger partial charge >= 0.3 is 5.97 Å². The summed E-state index contributed by atoms with van der Waals surface area (Å²) in [5.41, 5.74) is 1.10. The van der Waals surface area contributed by atoms with Gasteiger partial charge in [-0.1, -0.05) is 20.8 Å². The number of carboxylic acids is 1. The van der Waals surface area contributed by atoms with Gasteiger partial charge in [0.2, 0.25) is 0 Å². The van der Waals surface area contributed by atoms with E-state index in [0.717, 1.165) is 43.9 Å². The molecule has 2 atom stereocenters. The molecule has 2 aliphatic heterocycles. The summed E-state index contributed by atoms with van der Waals surface area (Å²) >= 11 is 0. The molecule has 2 aliphatic rings. The number of aliphatic carboxylic acids is 1. The first-order valence-corrected chi connectivity index (χ1v) is 9.23. The van der Waals surface area contributed by atoms with Crippen molar-refractivity contribution in [1.29, 1.82) is 0 Å². The van der Waals surface area contributed by atoms with Crippen LogP contribution in [0, 0.1) is 11.8 Å². The number of hydrogen-bond acceptors (Lipinski definition) is 5. The zero-order valence-electron chi connectivity index (χ0n) is 15.4. The van der Waals surface area contributed by atoms with Crippen LogP contribution in [0.2, 0.25) is 0 Å². The highest BCUT2D eigenvalue weighted by Crippen LogP contribution is 2.33. The normalized spacial score (nSPS) is 26.0. The summed E-state index contributed by atoms with van der Waals surface area (Å²) in [5, 5.41) is 9.34. The molecule has 25 heavy (non-hydrogen) atoms. The van der Waals surface area contributed by atoms with Crippen molar-refractivity contribution >= 4 is 5.97 Å². The number of rotatable bonds is 4. The Labute approximate surface area is 149 Å². The van der Waals surface area contributed by atoms with E-state index in [9.17, 15) is 9.90 Å². The van der Waals surface area contributed by atoms with Gasteiger partial charge in [-0.2, -0.15) is 0 Å². The topological polar surface area (TPSA) is 75.6 Å². The van der Waals surface area contributed by atoms with Crippen molar-refractivity contribution in [3.63, 3.8) is 0 Å². The maximum atomic E-state index is 11.4. The summed E-state index contributed by atoms with van der Waals surface area (Å²) < 4.78 is 5.75. The average molecular weight is 347 g/mol. The molecule has 0 unspecified atom stereocenters. The second kappa shape index (κ2) is 7.38. The van der Waals surface area contributed by atoms with Crippen LogP contribution in [0.3, 0.4) is 0 Å². The minimum Gasteiger partial charge on any atom is -0.481 e. The van der Waals surface area contributed by atoms with E-state index in [1.165, 1.54) is 0 Å². The Morgan fingerprint density at radius 1 is 1.24 bits per heavy atom. The van der Waals surface area contributed by atoms with Crippen molar-refractivity contribution in [3.8, 4) is 0 Å². The molecule has 1 aromatic heterocycles. The second-order valence-corrected chi connectivity index (χ2v) is 8.35. The second-order valence-electron chi connectivity index (χ2n) is 8.35. The standard InChI is InChI=1S/C19H29N3O3/c1-19(2,3)18-20-10-13(11-21-18)12-22-7-4-14(5-8-22)16-15(17(23)24)6-9-25-16/h10-11,14-16H,4-9,12H2,1-3H3,(H,23,24)/t15-,16+/m1/s1. The van der Waals surface area contributed by atoms with Gasteiger partial charge in [-0.05, 0) is 38.3 Å². The monoisotopic (exact) mass is 347 g/mol. The van der Waals surface area contributed by atoms with Gasteiger partial charge < -0.3 is 9.84 Å². The van der Waals surface area contributed by atoms with Crippen molar-refractivity contribution < 1.29 is 14.6 Å². The van der Waals surface area contributed by atoms with E-state index in [0.29, 0.717) is 18.9 Å². The first-order valence-electron chi connectivity index (χ1n) is 9.23. The van der Waals surface area contributed by atoms with Gasteiger partial charge in [-0.3, -0.25) is 9.69 Å². The van der Waals surface area contributed by atoms with E-state index in [-0.39, 0.29) is 17.4 Å². The van der Waals surface area contributed by atoms with Gasteiger partial charge in [0.05, 0.1) is 12.0 Å². The van der Waals surface area contributed by atoms with Crippen LogP contribution >= 0.6 is 0 Å². The predicted molar refractivity (Wildman–Crippen MR) is 94.2 cm³/mol. The Balaban J connectivity index is 1.52. The lowest BCUT2D eigenvalue weighted by atomic mass is 9.84. The van der Waals surface area contributed by atoms with Crippen LogP contribution in [-0.4, -0.2) is 51.7 Å². The molecule has 3 heterocycles. The summed E-state index contributed by atoms with van der Waals surface area (Å²) in [6.45, 7) is 9.72. The van der Waals surface area contributed by atoms with Crippen LogP contribution in [0.4, 0.5) is 0 Å². The van der Waals surface area contributed by atoms with Crippen LogP contribution in [0.5, 0.6) is 0 Å². The summed E-state index contributed by atoms with van der Waals surface area (Å²) in [7, 11) is 0. The molecule has 0 saturated carbocycles. The molecule has 0 amide bonds. The first kappa shape index (κ1) is 18.3. The van der Waals surface area contributed by atoms with Gasteiger partial charge in [0.15, 0.2) is 0 Å². The Kier molecular flexibility index (Phi) is 5.39. The molecule has 0 bridgehead atoms. The van der Waals surface area contributed by atoms with Crippen molar-refractivity contribution in [2.45, 2.75) is 58.1 Å². The number of ether oxygens (including phenoxy) is 1. The van der Waals surface area contributed by atoms with Gasteiger partial charge in [-0.15, -0.1) is 0 Å². The van der Waals surface area contributed by atoms with E-state index < -0.39 is 5.97 Å². The molecule has 0 spiro atoms. The van der Waals surface area contributed by atoms with Gasteiger partial charge in [0, 0.05) is 36.5 Å². The molecular weight excluding hydrogens is 318 g/mol. The number of piperidine rings is 1. The third kappa shape index (κ3) is 4.36. The lowest BCUT2D eigenvalue weighted by Crippen LogP contribution is -2.40. The van der Waals surface area contributed by atoms with E-state index in [1.54, 1.807) is 0 Å². The molecular formula is C19H29N3O3. The molecule has 2 fully saturated rings. The van der Waals surface area contributed by atoms with Crippen LogP contribution in [0.1, 0.15) is 51.4 Å². The first-order chi connectivity index (χ1) is 11.8. The fourth-order valence-electron chi connectivity index (χ4n) is 3.86. The Morgan fingerprint density at radius 2 is 1.88 bits per heavy atom. The average Bonchev–Trinajstić information content (AvgIpc) is 3.05. The Bertz CT molecular complexity index is 589. The number of likely N-dealkylation sites (tertiary alicyclic amines) is 1. The molecule has 1 aromatic rings. The summed E-state index contributed by atoms with van der Waals surface area (Å²) in [6.07, 6.45) is 6.40. The fourth-order valence-corrected chi connectivity index (χ4v) is 3.86. The Hall–Kier alpha value is -1.53. The Morgan fingerprint density at radius 3 is 2.44 bits per heavy atom. The summed E-state index contributed by atoms with van der Waals surface area (Å²) in [4.78, 5) is 22.8. The van der Waals surface area contributed by atoms with E-state index in [2.05, 4.69) is 35.6 Å². The quantitative estimate of drug-likeness (QED) is 0.902. The highest BCUT2D eigenvalue weighted by molar-refractivity contribution is 5.71. The van der Waals surface area contributed by atoms with Crippen LogP contribution in [-0.2, 0) is 21.5 Å². The highest BCUT2D eigenvalue weighted by atomic mass is 16.5. The van der Waals surface area contributed by atoms with Gasteiger partial charge in [0.25, 0.3) is 0 Å². The lowest BCUT2D eigenvalue weighted by Gasteiger charge is -2.35. The molecule has 138 valence electrons. The van der Waals surface area contributed by atoms with Crippen molar-refractivity contribution in [2.75, 3.05) is 19.7 Å². The molecule has 0 aliphatic carbocycles. The maximum Gasteiger partial charge on any atom is 0.309 e. The van der Waals surface area contributed by atoms with E-state index in [4.69, 9.17) is 4.74 Å². The SMILES string of the molecule is CC(C)(C)c1ncc(CN2CCC([C@@H]3OCC[C@H]3C(=O)O)CC2)cn1. The largest absolute Gasteiger partial charge is 0.481 e. The lowest BCUT2D eigenvalue weighted by molar-refractivity contribution is -0.145. The third-order valence-corrected chi connectivity index (χ3v) is 5.33. The molecule has 6 heteroatoms. The molecule has 6 nitrogen and oxygen atoms in total. The minimum absolute atomic E-state index is 0.0289. The zero-order chi connectivity index (χ0) is 18.0. The van der Waals surface area contributed by atoms with Crippen LogP contribution in [0.25, 0.3) is 0 Å². The van der Waals surface area contributed by atoms with Crippen molar-refractivity contribution in [1.82, 2.24) is 14.9 Å². The molecule has 3 rings (SSSR count). The van der Waals surface area contributed by atoms with E-state index >= 15 is 0 Å². The molecule has 1 N–H and O–H groups in total. The van der Waals surface area contributed by atoms with Crippen molar-refractivity contribution in [3.05, 3.63) is 23.8 Å².